The number of sulfonamides is 1. The van der Waals surface area contributed by atoms with Crippen LogP contribution in [-0.2, 0) is 14.8 Å². The highest BCUT2D eigenvalue weighted by Gasteiger charge is 2.32. The zero-order chi connectivity index (χ0) is 21.6. The molecule has 2 aromatic rings. The van der Waals surface area contributed by atoms with Gasteiger partial charge in [0.1, 0.15) is 6.04 Å². The van der Waals surface area contributed by atoms with E-state index in [1.54, 1.807) is 31.2 Å². The molecule has 0 aliphatic carbocycles. The molecule has 0 aliphatic heterocycles. The Morgan fingerprint density at radius 1 is 1.07 bits per heavy atom. The van der Waals surface area contributed by atoms with Crippen LogP contribution in [0.5, 0.6) is 0 Å². The van der Waals surface area contributed by atoms with Gasteiger partial charge in [-0.2, -0.15) is 0 Å². The third kappa shape index (κ3) is 6.47. The second-order valence-electron chi connectivity index (χ2n) is 7.56. The Bertz CT molecular complexity index is 899. The fourth-order valence-electron chi connectivity index (χ4n) is 3.35. The number of amides is 1. The van der Waals surface area contributed by atoms with Gasteiger partial charge in [-0.1, -0.05) is 62.7 Å². The first-order valence-electron chi connectivity index (χ1n) is 9.73. The molecule has 0 saturated carbocycles. The third-order valence-corrected chi connectivity index (χ3v) is 6.07. The molecule has 0 bridgehead atoms. The van der Waals surface area contributed by atoms with Gasteiger partial charge in [0.25, 0.3) is 0 Å². The predicted octanol–water partition coefficient (Wildman–Crippen LogP) is 4.79. The van der Waals surface area contributed by atoms with Crippen molar-refractivity contribution in [2.45, 2.75) is 45.7 Å². The van der Waals surface area contributed by atoms with Crippen LogP contribution in [0, 0.1) is 5.92 Å². The lowest BCUT2D eigenvalue weighted by Gasteiger charge is -2.32. The largest absolute Gasteiger partial charge is 0.347 e. The van der Waals surface area contributed by atoms with Crippen molar-refractivity contribution in [3.8, 4) is 0 Å². The monoisotopic (exact) mass is 436 g/mol. The maximum absolute atomic E-state index is 13.2. The molecule has 5 nitrogen and oxygen atoms in total. The van der Waals surface area contributed by atoms with E-state index in [0.29, 0.717) is 23.0 Å². The van der Waals surface area contributed by atoms with Gasteiger partial charge in [-0.05, 0) is 48.6 Å². The van der Waals surface area contributed by atoms with Gasteiger partial charge in [-0.15, -0.1) is 0 Å². The van der Waals surface area contributed by atoms with E-state index in [-0.39, 0.29) is 11.9 Å². The summed E-state index contributed by atoms with van der Waals surface area (Å²) in [4.78, 5) is 13.2. The number of carbonyl (C=O) groups is 1. The molecule has 0 heterocycles. The van der Waals surface area contributed by atoms with Gasteiger partial charge < -0.3 is 5.32 Å². The van der Waals surface area contributed by atoms with Crippen molar-refractivity contribution in [2.24, 2.45) is 5.92 Å². The van der Waals surface area contributed by atoms with Gasteiger partial charge in [0, 0.05) is 5.02 Å². The molecule has 1 amide bonds. The maximum Gasteiger partial charge on any atom is 0.244 e. The molecule has 2 atom stereocenters. The van der Waals surface area contributed by atoms with Gasteiger partial charge in [0.2, 0.25) is 15.9 Å². The third-order valence-electron chi connectivity index (χ3n) is 4.64. The molecule has 7 heteroatoms. The lowest BCUT2D eigenvalue weighted by molar-refractivity contribution is -0.123. The van der Waals surface area contributed by atoms with E-state index in [2.05, 4.69) is 19.2 Å². The average molecular weight is 437 g/mol. The molecular weight excluding hydrogens is 408 g/mol. The highest BCUT2D eigenvalue weighted by Crippen LogP contribution is 2.26. The van der Waals surface area contributed by atoms with Gasteiger partial charge in [-0.25, -0.2) is 8.42 Å². The SMILES string of the molecule is CC[C@@H](C(=O)N[C@@H](CC(C)C)c1ccccc1)N(c1ccc(Cl)cc1)S(C)(=O)=O. The molecule has 0 spiro atoms. The molecule has 0 aromatic heterocycles. The zero-order valence-electron chi connectivity index (χ0n) is 17.3. The summed E-state index contributed by atoms with van der Waals surface area (Å²) in [5.41, 5.74) is 1.42. The van der Waals surface area contributed by atoms with E-state index in [1.165, 1.54) is 4.31 Å². The summed E-state index contributed by atoms with van der Waals surface area (Å²) in [6.07, 6.45) is 2.21. The Morgan fingerprint density at radius 2 is 1.66 bits per heavy atom. The van der Waals surface area contributed by atoms with Crippen LogP contribution in [0.1, 0.15) is 45.2 Å². The fourth-order valence-corrected chi connectivity index (χ4v) is 4.69. The molecule has 0 aliphatic rings. The second-order valence-corrected chi connectivity index (χ2v) is 9.86. The summed E-state index contributed by atoms with van der Waals surface area (Å²) in [5, 5.41) is 3.58. The zero-order valence-corrected chi connectivity index (χ0v) is 18.9. The van der Waals surface area contributed by atoms with Crippen LogP contribution in [0.3, 0.4) is 0 Å². The van der Waals surface area contributed by atoms with E-state index >= 15 is 0 Å². The van der Waals surface area contributed by atoms with E-state index in [1.807, 2.05) is 30.3 Å². The van der Waals surface area contributed by atoms with Crippen LogP contribution in [-0.4, -0.2) is 26.6 Å². The summed E-state index contributed by atoms with van der Waals surface area (Å²) in [7, 11) is -3.68. The van der Waals surface area contributed by atoms with Crippen molar-refractivity contribution in [3.05, 3.63) is 65.2 Å². The molecule has 29 heavy (non-hydrogen) atoms. The number of hydrogen-bond donors (Lipinski definition) is 1. The lowest BCUT2D eigenvalue weighted by Crippen LogP contribution is -2.50. The van der Waals surface area contributed by atoms with Crippen molar-refractivity contribution in [2.75, 3.05) is 10.6 Å². The molecule has 2 aromatic carbocycles. The van der Waals surface area contributed by atoms with Crippen LogP contribution in [0.2, 0.25) is 5.02 Å². The van der Waals surface area contributed by atoms with Crippen LogP contribution in [0.15, 0.2) is 54.6 Å². The van der Waals surface area contributed by atoms with Crippen molar-refractivity contribution in [1.29, 1.82) is 0 Å². The molecule has 0 fully saturated rings. The number of nitrogens with one attached hydrogen (secondary N) is 1. The van der Waals surface area contributed by atoms with Crippen LogP contribution in [0.4, 0.5) is 5.69 Å². The smallest absolute Gasteiger partial charge is 0.244 e. The minimum absolute atomic E-state index is 0.190. The predicted molar refractivity (Wildman–Crippen MR) is 120 cm³/mol. The molecule has 0 unspecified atom stereocenters. The highest BCUT2D eigenvalue weighted by atomic mass is 35.5. The van der Waals surface area contributed by atoms with Gasteiger partial charge >= 0.3 is 0 Å². The van der Waals surface area contributed by atoms with E-state index in [9.17, 15) is 13.2 Å². The summed E-state index contributed by atoms with van der Waals surface area (Å²) >= 11 is 5.94. The number of nitrogens with zero attached hydrogens (tertiary/aromatic N) is 1. The number of hydrogen-bond acceptors (Lipinski definition) is 3. The average Bonchev–Trinajstić information content (AvgIpc) is 2.65. The van der Waals surface area contributed by atoms with E-state index in [4.69, 9.17) is 11.6 Å². The minimum Gasteiger partial charge on any atom is -0.347 e. The topological polar surface area (TPSA) is 66.5 Å². The Balaban J connectivity index is 2.35. The standard InChI is InChI=1S/C22H29ClN2O3S/c1-5-21(25(29(4,27)28)19-13-11-18(23)12-14-19)22(26)24-20(15-16(2)3)17-9-7-6-8-10-17/h6-14,16,20-21H,5,15H2,1-4H3,(H,24,26)/t20-,21-/m0/s1. The molecule has 1 N–H and O–H groups in total. The molecule has 158 valence electrons. The van der Waals surface area contributed by atoms with E-state index < -0.39 is 16.1 Å². The fraction of sp³-hybridized carbons (Fsp3) is 0.409. The lowest BCUT2D eigenvalue weighted by atomic mass is 9.96. The molecule has 2 rings (SSSR count). The van der Waals surface area contributed by atoms with Crippen LogP contribution < -0.4 is 9.62 Å². The first kappa shape index (κ1) is 23.2. The number of benzene rings is 2. The van der Waals surface area contributed by atoms with Crippen molar-refractivity contribution < 1.29 is 13.2 Å². The van der Waals surface area contributed by atoms with Crippen molar-refractivity contribution >= 4 is 33.2 Å². The first-order chi connectivity index (χ1) is 13.6. The van der Waals surface area contributed by atoms with Gasteiger partial charge in [0.05, 0.1) is 18.0 Å². The quantitative estimate of drug-likeness (QED) is 0.614. The summed E-state index contributed by atoms with van der Waals surface area (Å²) in [6.45, 7) is 5.99. The Kier molecular flexibility index (Phi) is 8.11. The van der Waals surface area contributed by atoms with Crippen molar-refractivity contribution in [1.82, 2.24) is 5.32 Å². The summed E-state index contributed by atoms with van der Waals surface area (Å²) < 4.78 is 26.3. The number of carbonyl (C=O) groups excluding carboxylic acids is 1. The molecular formula is C22H29ClN2O3S. The van der Waals surface area contributed by atoms with Gasteiger partial charge in [0.15, 0.2) is 0 Å². The number of anilines is 1. The summed E-state index contributed by atoms with van der Waals surface area (Å²) in [6, 6.07) is 15.2. The highest BCUT2D eigenvalue weighted by molar-refractivity contribution is 7.92. The Hall–Kier alpha value is -2.05. The number of halogens is 1. The van der Waals surface area contributed by atoms with Crippen LogP contribution >= 0.6 is 11.6 Å². The van der Waals surface area contributed by atoms with Crippen molar-refractivity contribution in [3.63, 3.8) is 0 Å². The normalized spacial score (nSPS) is 13.7. The molecule has 0 saturated heterocycles. The number of rotatable bonds is 9. The molecule has 0 radical (unpaired) electrons. The van der Waals surface area contributed by atoms with Gasteiger partial charge in [-0.3, -0.25) is 9.10 Å². The summed E-state index contributed by atoms with van der Waals surface area (Å²) in [5.74, 6) is 0.0465. The first-order valence-corrected chi connectivity index (χ1v) is 12.0. The van der Waals surface area contributed by atoms with Crippen LogP contribution in [0.25, 0.3) is 0 Å². The second kappa shape index (κ2) is 10.1. The van der Waals surface area contributed by atoms with E-state index in [0.717, 1.165) is 18.2 Å². The minimum atomic E-state index is -3.68. The Morgan fingerprint density at radius 3 is 2.14 bits per heavy atom. The maximum atomic E-state index is 13.2. The Labute approximate surface area is 179 Å².